The molecule has 2 N–H and O–H groups in total. The molecule has 1 aliphatic heterocycles. The van der Waals surface area contributed by atoms with Gasteiger partial charge in [0.25, 0.3) is 5.91 Å². The second-order valence-electron chi connectivity index (χ2n) is 10.2. The van der Waals surface area contributed by atoms with Crippen molar-refractivity contribution in [1.29, 1.82) is 0 Å². The lowest BCUT2D eigenvalue weighted by Gasteiger charge is -2.45. The van der Waals surface area contributed by atoms with Gasteiger partial charge in [0.2, 0.25) is 10.0 Å². The second kappa shape index (κ2) is 11.2. The molecule has 3 aromatic rings. The Labute approximate surface area is 225 Å². The summed E-state index contributed by atoms with van der Waals surface area (Å²) in [5, 5.41) is 3.46. The molecule has 2 aromatic carbocycles. The molecule has 8 nitrogen and oxygen atoms in total. The standard InChI is InChI=1S/C29H36N4O4S/c1-6-20-10-13-23(14-11-20)38(35,36)32-26-24-19-21(12-15-25(24)31-29(2,3)27(26)37-5)28(34)33(4)18-16-22-9-7-8-17-30-22/h7-15,17,19,26-27,31-32H,6,16,18H2,1-5H3/t26-,27+/m1/s1. The smallest absolute Gasteiger partial charge is 0.253 e. The van der Waals surface area contributed by atoms with Crippen molar-refractivity contribution in [2.75, 3.05) is 26.0 Å². The van der Waals surface area contributed by atoms with Gasteiger partial charge in [-0.05, 0) is 73.9 Å². The van der Waals surface area contributed by atoms with E-state index in [0.717, 1.165) is 23.4 Å². The number of sulfonamides is 1. The number of rotatable bonds is 9. The molecule has 0 radical (unpaired) electrons. The highest BCUT2D eigenvalue weighted by molar-refractivity contribution is 7.89. The fourth-order valence-electron chi connectivity index (χ4n) is 4.91. The Kier molecular flexibility index (Phi) is 8.20. The first-order chi connectivity index (χ1) is 18.1. The molecule has 0 saturated carbocycles. The van der Waals surface area contributed by atoms with Gasteiger partial charge in [-0.1, -0.05) is 25.1 Å². The molecule has 0 fully saturated rings. The van der Waals surface area contributed by atoms with Crippen LogP contribution in [0.1, 0.15) is 54.0 Å². The van der Waals surface area contributed by atoms with E-state index in [-0.39, 0.29) is 10.8 Å². The number of hydrogen-bond donors (Lipinski definition) is 2. The van der Waals surface area contributed by atoms with E-state index in [0.29, 0.717) is 24.1 Å². The van der Waals surface area contributed by atoms with Gasteiger partial charge in [-0.2, -0.15) is 0 Å². The van der Waals surface area contributed by atoms with Gasteiger partial charge in [-0.25, -0.2) is 13.1 Å². The molecule has 1 aromatic heterocycles. The molecule has 1 aliphatic rings. The van der Waals surface area contributed by atoms with Crippen molar-refractivity contribution in [3.05, 3.63) is 89.2 Å². The SMILES string of the molecule is CCc1ccc(S(=O)(=O)N[C@@H]2c3cc(C(=O)N(C)CCc4ccccn4)ccc3NC(C)(C)[C@H]2OC)cc1. The lowest BCUT2D eigenvalue weighted by molar-refractivity contribution is 0.0280. The maximum Gasteiger partial charge on any atom is 0.253 e. The quantitative estimate of drug-likeness (QED) is 0.425. The zero-order valence-electron chi connectivity index (χ0n) is 22.6. The average molecular weight is 537 g/mol. The zero-order chi connectivity index (χ0) is 27.5. The van der Waals surface area contributed by atoms with Crippen LogP contribution < -0.4 is 10.0 Å². The molecular weight excluding hydrogens is 500 g/mol. The topological polar surface area (TPSA) is 101 Å². The van der Waals surface area contributed by atoms with Crippen LogP contribution in [0.25, 0.3) is 0 Å². The van der Waals surface area contributed by atoms with E-state index >= 15 is 0 Å². The number of amides is 1. The number of methoxy groups -OCH3 is 1. The van der Waals surface area contributed by atoms with Gasteiger partial charge in [-0.3, -0.25) is 9.78 Å². The number of anilines is 1. The van der Waals surface area contributed by atoms with E-state index in [1.54, 1.807) is 49.5 Å². The maximum absolute atomic E-state index is 13.5. The number of benzene rings is 2. The van der Waals surface area contributed by atoms with E-state index in [1.807, 2.05) is 57.2 Å². The number of aryl methyl sites for hydroxylation is 1. The summed E-state index contributed by atoms with van der Waals surface area (Å²) in [5.74, 6) is -0.153. The van der Waals surface area contributed by atoms with Crippen LogP contribution in [-0.4, -0.2) is 56.6 Å². The fraction of sp³-hybridized carbons (Fsp3) is 0.379. The Balaban J connectivity index is 1.64. The zero-order valence-corrected chi connectivity index (χ0v) is 23.4. The molecule has 2 atom stereocenters. The van der Waals surface area contributed by atoms with Crippen LogP contribution in [0.15, 0.2) is 71.8 Å². The minimum absolute atomic E-state index is 0.153. The van der Waals surface area contributed by atoms with Gasteiger partial charge >= 0.3 is 0 Å². The molecular formula is C29H36N4O4S. The number of carbonyl (C=O) groups excluding carboxylic acids is 1. The second-order valence-corrected chi connectivity index (χ2v) is 11.9. The summed E-state index contributed by atoms with van der Waals surface area (Å²) in [4.78, 5) is 19.5. The van der Waals surface area contributed by atoms with Crippen LogP contribution in [0.5, 0.6) is 0 Å². The minimum atomic E-state index is -3.87. The van der Waals surface area contributed by atoms with Gasteiger partial charge in [0, 0.05) is 50.3 Å². The molecule has 1 amide bonds. The number of nitrogens with one attached hydrogen (secondary N) is 2. The number of nitrogens with zero attached hydrogens (tertiary/aromatic N) is 2. The molecule has 38 heavy (non-hydrogen) atoms. The van der Waals surface area contributed by atoms with Crippen molar-refractivity contribution < 1.29 is 17.9 Å². The van der Waals surface area contributed by atoms with Crippen LogP contribution in [-0.2, 0) is 27.6 Å². The van der Waals surface area contributed by atoms with Crippen molar-refractivity contribution >= 4 is 21.6 Å². The monoisotopic (exact) mass is 536 g/mol. The molecule has 0 aliphatic carbocycles. The summed E-state index contributed by atoms with van der Waals surface area (Å²) in [7, 11) is -0.549. The lowest BCUT2D eigenvalue weighted by Crippen LogP contribution is -2.55. The summed E-state index contributed by atoms with van der Waals surface area (Å²) in [6.45, 7) is 6.45. The van der Waals surface area contributed by atoms with Crippen molar-refractivity contribution in [3.63, 3.8) is 0 Å². The molecule has 0 unspecified atom stereocenters. The predicted octanol–water partition coefficient (Wildman–Crippen LogP) is 4.20. The van der Waals surface area contributed by atoms with Crippen molar-refractivity contribution in [2.24, 2.45) is 0 Å². The molecule has 0 saturated heterocycles. The van der Waals surface area contributed by atoms with E-state index in [9.17, 15) is 13.2 Å². The predicted molar refractivity (Wildman–Crippen MR) is 149 cm³/mol. The van der Waals surface area contributed by atoms with Gasteiger partial charge in [0.15, 0.2) is 0 Å². The third kappa shape index (κ3) is 5.90. The van der Waals surface area contributed by atoms with Crippen LogP contribution >= 0.6 is 0 Å². The largest absolute Gasteiger partial charge is 0.377 e. The Hall–Kier alpha value is -3.27. The Bertz CT molecular complexity index is 1380. The van der Waals surface area contributed by atoms with Gasteiger partial charge in [0.05, 0.1) is 22.6 Å². The van der Waals surface area contributed by atoms with Crippen LogP contribution in [0.3, 0.4) is 0 Å². The molecule has 0 bridgehead atoms. The molecule has 4 rings (SSSR count). The first-order valence-corrected chi connectivity index (χ1v) is 14.3. The lowest BCUT2D eigenvalue weighted by atomic mass is 9.82. The minimum Gasteiger partial charge on any atom is -0.377 e. The van der Waals surface area contributed by atoms with Crippen molar-refractivity contribution in [3.8, 4) is 0 Å². The van der Waals surface area contributed by atoms with E-state index < -0.39 is 27.7 Å². The molecule has 2 heterocycles. The van der Waals surface area contributed by atoms with Crippen LogP contribution in [0.2, 0.25) is 0 Å². The van der Waals surface area contributed by atoms with E-state index in [1.165, 1.54) is 0 Å². The third-order valence-corrected chi connectivity index (χ3v) is 8.52. The van der Waals surface area contributed by atoms with Crippen LogP contribution in [0, 0.1) is 0 Å². The Morgan fingerprint density at radius 2 is 1.87 bits per heavy atom. The summed E-state index contributed by atoms with van der Waals surface area (Å²) in [5.41, 5.74) is 3.28. The normalized spacial score (nSPS) is 18.3. The number of hydrogen-bond acceptors (Lipinski definition) is 6. The van der Waals surface area contributed by atoms with Crippen molar-refractivity contribution in [2.45, 2.75) is 56.2 Å². The molecule has 9 heteroatoms. The summed E-state index contributed by atoms with van der Waals surface area (Å²) >= 11 is 0. The fourth-order valence-corrected chi connectivity index (χ4v) is 6.13. The number of pyridine rings is 1. The highest BCUT2D eigenvalue weighted by Crippen LogP contribution is 2.40. The highest BCUT2D eigenvalue weighted by atomic mass is 32.2. The number of ether oxygens (including phenoxy) is 1. The van der Waals surface area contributed by atoms with E-state index in [2.05, 4.69) is 15.0 Å². The molecule has 0 spiro atoms. The first kappa shape index (κ1) is 27.8. The summed E-state index contributed by atoms with van der Waals surface area (Å²) < 4.78 is 35.6. The van der Waals surface area contributed by atoms with Gasteiger partial charge < -0.3 is 15.0 Å². The van der Waals surface area contributed by atoms with Crippen LogP contribution in [0.4, 0.5) is 5.69 Å². The summed E-state index contributed by atoms with van der Waals surface area (Å²) in [6.07, 6.45) is 2.66. The van der Waals surface area contributed by atoms with Gasteiger partial charge in [0.1, 0.15) is 0 Å². The number of carbonyl (C=O) groups is 1. The van der Waals surface area contributed by atoms with Crippen molar-refractivity contribution in [1.82, 2.24) is 14.6 Å². The van der Waals surface area contributed by atoms with Gasteiger partial charge in [-0.15, -0.1) is 0 Å². The summed E-state index contributed by atoms with van der Waals surface area (Å²) in [6, 6.07) is 17.2. The maximum atomic E-state index is 13.5. The average Bonchev–Trinajstić information content (AvgIpc) is 2.91. The Morgan fingerprint density at radius 3 is 2.50 bits per heavy atom. The van der Waals surface area contributed by atoms with E-state index in [4.69, 9.17) is 4.74 Å². The number of fused-ring (bicyclic) bond motifs is 1. The number of likely N-dealkylation sites (N-methyl/N-ethyl adjacent to an activating group) is 1. The molecule has 202 valence electrons. The highest BCUT2D eigenvalue weighted by Gasteiger charge is 2.44. The Morgan fingerprint density at radius 1 is 1.13 bits per heavy atom. The first-order valence-electron chi connectivity index (χ1n) is 12.8. The third-order valence-electron chi connectivity index (χ3n) is 7.06. The number of aromatic nitrogens is 1.